The summed E-state index contributed by atoms with van der Waals surface area (Å²) in [5, 5.41) is 13.3. The summed E-state index contributed by atoms with van der Waals surface area (Å²) in [6, 6.07) is 0. The van der Waals surface area contributed by atoms with Crippen molar-refractivity contribution >= 4 is 17.4 Å². The average Bonchev–Trinajstić information content (AvgIpc) is 2.06. The fourth-order valence-corrected chi connectivity index (χ4v) is 1.01. The summed E-state index contributed by atoms with van der Waals surface area (Å²) in [5.41, 5.74) is -1.44. The summed E-state index contributed by atoms with van der Waals surface area (Å²) in [5.74, 6) is 0.478. The molecule has 1 aromatic heterocycles. The Labute approximate surface area is 94.7 Å². The molecule has 0 aliphatic carbocycles. The molecule has 0 bridgehead atoms. The number of rotatable bonds is 3. The first kappa shape index (κ1) is 12.2. The van der Waals surface area contributed by atoms with Crippen molar-refractivity contribution in [1.82, 2.24) is 9.97 Å². The Morgan fingerprint density at radius 1 is 1.20 bits per heavy atom. The van der Waals surface area contributed by atoms with E-state index in [0.29, 0.717) is 11.0 Å². The van der Waals surface area contributed by atoms with E-state index in [1.54, 1.807) is 20.0 Å². The van der Waals surface area contributed by atoms with Gasteiger partial charge in [-0.1, -0.05) is 11.6 Å². The molecule has 1 rings (SSSR count). The molecule has 0 aliphatic rings. The van der Waals surface area contributed by atoms with Crippen molar-refractivity contribution in [2.45, 2.75) is 38.8 Å². The van der Waals surface area contributed by atoms with Crippen molar-refractivity contribution in [3.63, 3.8) is 0 Å². The highest BCUT2D eigenvalue weighted by Crippen LogP contribution is 2.27. The average molecular weight is 230 g/mol. The Kier molecular flexibility index (Phi) is 3.21. The molecule has 2 N–H and O–H groups in total. The maximum absolute atomic E-state index is 9.94. The third-order valence-corrected chi connectivity index (χ3v) is 2.89. The van der Waals surface area contributed by atoms with Crippen LogP contribution in [0.4, 0.5) is 5.82 Å². The van der Waals surface area contributed by atoms with Gasteiger partial charge in [-0.2, -0.15) is 0 Å². The summed E-state index contributed by atoms with van der Waals surface area (Å²) in [4.78, 5) is 7.96. The molecule has 0 saturated heterocycles. The standard InChI is InChI=1S/C10H16ClN3O/c1-9(2,10(3,4)15)14-8-7(11)12-5-6-13-8/h5-6,15H,1-4H3,(H,13,14). The van der Waals surface area contributed by atoms with E-state index in [1.807, 2.05) is 13.8 Å². The van der Waals surface area contributed by atoms with Crippen LogP contribution in [0.15, 0.2) is 12.4 Å². The number of hydrogen-bond acceptors (Lipinski definition) is 4. The van der Waals surface area contributed by atoms with Gasteiger partial charge in [-0.05, 0) is 27.7 Å². The predicted octanol–water partition coefficient (Wildman–Crippen LogP) is 2.09. The predicted molar refractivity (Wildman–Crippen MR) is 61.0 cm³/mol. The number of aliphatic hydroxyl groups is 1. The topological polar surface area (TPSA) is 58.0 Å². The van der Waals surface area contributed by atoms with Crippen LogP contribution in [0.3, 0.4) is 0 Å². The lowest BCUT2D eigenvalue weighted by molar-refractivity contribution is 0.0239. The molecule has 84 valence electrons. The summed E-state index contributed by atoms with van der Waals surface area (Å²) < 4.78 is 0. The molecular formula is C10H16ClN3O. The molecule has 0 spiro atoms. The number of halogens is 1. The molecule has 5 heteroatoms. The van der Waals surface area contributed by atoms with Crippen molar-refractivity contribution in [3.05, 3.63) is 17.5 Å². The molecule has 0 unspecified atom stereocenters. The molecule has 0 aliphatic heterocycles. The van der Waals surface area contributed by atoms with E-state index in [2.05, 4.69) is 15.3 Å². The molecule has 4 nitrogen and oxygen atoms in total. The zero-order valence-electron chi connectivity index (χ0n) is 9.37. The van der Waals surface area contributed by atoms with Crippen LogP contribution in [0, 0.1) is 0 Å². The van der Waals surface area contributed by atoms with Crippen LogP contribution in [0.5, 0.6) is 0 Å². The SMILES string of the molecule is CC(C)(O)C(C)(C)Nc1nccnc1Cl. The van der Waals surface area contributed by atoms with E-state index in [0.717, 1.165) is 0 Å². The lowest BCUT2D eigenvalue weighted by atomic mass is 9.86. The molecule has 0 radical (unpaired) electrons. The van der Waals surface area contributed by atoms with Crippen molar-refractivity contribution in [2.24, 2.45) is 0 Å². The highest BCUT2D eigenvalue weighted by atomic mass is 35.5. The van der Waals surface area contributed by atoms with Crippen molar-refractivity contribution in [2.75, 3.05) is 5.32 Å². The summed E-state index contributed by atoms with van der Waals surface area (Å²) >= 11 is 5.86. The van der Waals surface area contributed by atoms with Gasteiger partial charge in [0.1, 0.15) is 0 Å². The second kappa shape index (κ2) is 3.94. The minimum atomic E-state index is -0.895. The van der Waals surface area contributed by atoms with E-state index in [4.69, 9.17) is 11.6 Å². The van der Waals surface area contributed by atoms with Gasteiger partial charge in [0.2, 0.25) is 0 Å². The Morgan fingerprint density at radius 2 is 1.73 bits per heavy atom. The van der Waals surface area contributed by atoms with Gasteiger partial charge in [0.25, 0.3) is 0 Å². The molecular weight excluding hydrogens is 214 g/mol. The van der Waals surface area contributed by atoms with E-state index < -0.39 is 11.1 Å². The van der Waals surface area contributed by atoms with Crippen LogP contribution >= 0.6 is 11.6 Å². The Balaban J connectivity index is 2.92. The molecule has 1 aromatic rings. The molecule has 0 atom stereocenters. The van der Waals surface area contributed by atoms with Crippen molar-refractivity contribution in [3.8, 4) is 0 Å². The van der Waals surface area contributed by atoms with Gasteiger partial charge in [-0.25, -0.2) is 9.97 Å². The van der Waals surface area contributed by atoms with Crippen LogP contribution in [-0.2, 0) is 0 Å². The molecule has 0 fully saturated rings. The van der Waals surface area contributed by atoms with Crippen molar-refractivity contribution in [1.29, 1.82) is 0 Å². The van der Waals surface area contributed by atoms with Gasteiger partial charge in [-0.3, -0.25) is 0 Å². The lowest BCUT2D eigenvalue weighted by Crippen LogP contribution is -2.51. The second-order valence-electron chi connectivity index (χ2n) is 4.50. The first-order valence-corrected chi connectivity index (χ1v) is 5.09. The molecule has 15 heavy (non-hydrogen) atoms. The fourth-order valence-electron chi connectivity index (χ4n) is 0.854. The van der Waals surface area contributed by atoms with E-state index in [1.165, 1.54) is 6.20 Å². The normalized spacial score (nSPS) is 12.7. The van der Waals surface area contributed by atoms with Crippen molar-refractivity contribution < 1.29 is 5.11 Å². The highest BCUT2D eigenvalue weighted by Gasteiger charge is 2.35. The lowest BCUT2D eigenvalue weighted by Gasteiger charge is -2.38. The van der Waals surface area contributed by atoms with Crippen LogP contribution < -0.4 is 5.32 Å². The van der Waals surface area contributed by atoms with Crippen LogP contribution in [-0.4, -0.2) is 26.2 Å². The highest BCUT2D eigenvalue weighted by molar-refractivity contribution is 6.31. The van der Waals surface area contributed by atoms with Gasteiger partial charge >= 0.3 is 0 Å². The Hall–Kier alpha value is -0.870. The van der Waals surface area contributed by atoms with E-state index >= 15 is 0 Å². The minimum Gasteiger partial charge on any atom is -0.388 e. The molecule has 1 heterocycles. The van der Waals surface area contributed by atoms with Crippen LogP contribution in [0.1, 0.15) is 27.7 Å². The van der Waals surface area contributed by atoms with Gasteiger partial charge in [-0.15, -0.1) is 0 Å². The van der Waals surface area contributed by atoms with E-state index in [9.17, 15) is 5.11 Å². The van der Waals surface area contributed by atoms with Gasteiger partial charge in [0.15, 0.2) is 11.0 Å². The zero-order valence-corrected chi connectivity index (χ0v) is 10.1. The van der Waals surface area contributed by atoms with Gasteiger partial charge < -0.3 is 10.4 Å². The number of nitrogens with zero attached hydrogens (tertiary/aromatic N) is 2. The third kappa shape index (κ3) is 2.79. The van der Waals surface area contributed by atoms with Crippen LogP contribution in [0.25, 0.3) is 0 Å². The summed E-state index contributed by atoms with van der Waals surface area (Å²) in [6.45, 7) is 7.20. The summed E-state index contributed by atoms with van der Waals surface area (Å²) in [7, 11) is 0. The minimum absolute atomic E-state index is 0.301. The smallest absolute Gasteiger partial charge is 0.171 e. The number of aromatic nitrogens is 2. The number of nitrogens with one attached hydrogen (secondary N) is 1. The number of anilines is 1. The van der Waals surface area contributed by atoms with Gasteiger partial charge in [0, 0.05) is 12.4 Å². The number of hydrogen-bond donors (Lipinski definition) is 2. The Morgan fingerprint density at radius 3 is 2.20 bits per heavy atom. The third-order valence-electron chi connectivity index (χ3n) is 2.61. The van der Waals surface area contributed by atoms with E-state index in [-0.39, 0.29) is 0 Å². The first-order valence-electron chi connectivity index (χ1n) is 4.71. The van der Waals surface area contributed by atoms with Gasteiger partial charge in [0.05, 0.1) is 11.1 Å². The zero-order chi connectivity index (χ0) is 11.7. The summed E-state index contributed by atoms with van der Waals surface area (Å²) in [6.07, 6.45) is 3.07. The quantitative estimate of drug-likeness (QED) is 0.834. The largest absolute Gasteiger partial charge is 0.388 e. The first-order chi connectivity index (χ1) is 6.74. The second-order valence-corrected chi connectivity index (χ2v) is 4.86. The monoisotopic (exact) mass is 229 g/mol. The molecule has 0 saturated carbocycles. The maximum atomic E-state index is 9.94. The van der Waals surface area contributed by atoms with Crippen LogP contribution in [0.2, 0.25) is 5.15 Å². The maximum Gasteiger partial charge on any atom is 0.171 e. The Bertz CT molecular complexity index is 347. The molecule has 0 aromatic carbocycles. The fraction of sp³-hybridized carbons (Fsp3) is 0.600. The molecule has 0 amide bonds.